The van der Waals surface area contributed by atoms with E-state index in [-0.39, 0.29) is 10.5 Å². The lowest BCUT2D eigenvalue weighted by atomic mass is 10.2. The van der Waals surface area contributed by atoms with E-state index in [1.807, 2.05) is 0 Å². The molecule has 2 heterocycles. The Morgan fingerprint density at radius 3 is 2.48 bits per heavy atom. The third-order valence-corrected chi connectivity index (χ3v) is 5.98. The molecule has 1 fully saturated rings. The Labute approximate surface area is 134 Å². The summed E-state index contributed by atoms with van der Waals surface area (Å²) in [6.07, 6.45) is 3.64. The van der Waals surface area contributed by atoms with Crippen molar-refractivity contribution in [3.8, 4) is 5.75 Å². The van der Waals surface area contributed by atoms with Gasteiger partial charge in [0.1, 0.15) is 0 Å². The molecule has 0 unspecified atom stereocenters. The standard InChI is InChI=1S/C16H19NO5S/c1-21-13-8-6-7-12-11-14(16(18)22-15(12)13)23(19,20)17-9-4-2-3-5-10-17/h6-8,11H,2-5,9-10H2,1H3. The SMILES string of the molecule is COc1cccc2cc(S(=O)(=O)N3CCCCCC3)c(=O)oc12. The highest BCUT2D eigenvalue weighted by Gasteiger charge is 2.29. The van der Waals surface area contributed by atoms with Crippen LogP contribution < -0.4 is 10.4 Å². The molecule has 0 atom stereocenters. The fourth-order valence-electron chi connectivity index (χ4n) is 2.86. The fraction of sp³-hybridized carbons (Fsp3) is 0.438. The van der Waals surface area contributed by atoms with Crippen molar-refractivity contribution < 1.29 is 17.6 Å². The van der Waals surface area contributed by atoms with Crippen molar-refractivity contribution in [2.75, 3.05) is 20.2 Å². The van der Waals surface area contributed by atoms with Crippen LogP contribution in [0.3, 0.4) is 0 Å². The highest BCUT2D eigenvalue weighted by Crippen LogP contribution is 2.27. The Hall–Kier alpha value is -1.86. The van der Waals surface area contributed by atoms with Gasteiger partial charge < -0.3 is 9.15 Å². The third-order valence-electron chi connectivity index (χ3n) is 4.09. The Morgan fingerprint density at radius 2 is 1.83 bits per heavy atom. The van der Waals surface area contributed by atoms with Crippen LogP contribution in [0, 0.1) is 0 Å². The van der Waals surface area contributed by atoms with Gasteiger partial charge in [-0.2, -0.15) is 4.31 Å². The summed E-state index contributed by atoms with van der Waals surface area (Å²) in [6.45, 7) is 0.885. The number of hydrogen-bond acceptors (Lipinski definition) is 5. The van der Waals surface area contributed by atoms with Crippen molar-refractivity contribution in [2.24, 2.45) is 0 Å². The Bertz CT molecular complexity index is 864. The lowest BCUT2D eigenvalue weighted by molar-refractivity contribution is 0.402. The maximum Gasteiger partial charge on any atom is 0.356 e. The predicted molar refractivity (Wildman–Crippen MR) is 86.3 cm³/mol. The number of benzene rings is 1. The third kappa shape index (κ3) is 2.98. The number of sulfonamides is 1. The molecular formula is C16H19NO5S. The molecule has 23 heavy (non-hydrogen) atoms. The summed E-state index contributed by atoms with van der Waals surface area (Å²) in [5.41, 5.74) is -0.596. The van der Waals surface area contributed by atoms with Crippen LogP contribution in [0.5, 0.6) is 5.75 Å². The number of rotatable bonds is 3. The van der Waals surface area contributed by atoms with Gasteiger partial charge in [-0.1, -0.05) is 25.0 Å². The number of hydrogen-bond donors (Lipinski definition) is 0. The normalized spacial score (nSPS) is 17.1. The average Bonchev–Trinajstić information content (AvgIpc) is 2.83. The van der Waals surface area contributed by atoms with Crippen LogP contribution in [0.2, 0.25) is 0 Å². The van der Waals surface area contributed by atoms with Gasteiger partial charge in [0, 0.05) is 18.5 Å². The van der Waals surface area contributed by atoms with E-state index in [1.54, 1.807) is 18.2 Å². The van der Waals surface area contributed by atoms with Crippen LogP contribution in [0.25, 0.3) is 11.0 Å². The molecule has 0 saturated carbocycles. The van der Waals surface area contributed by atoms with Gasteiger partial charge in [-0.05, 0) is 25.0 Å². The lowest BCUT2D eigenvalue weighted by Gasteiger charge is -2.19. The first-order valence-electron chi connectivity index (χ1n) is 7.65. The van der Waals surface area contributed by atoms with E-state index >= 15 is 0 Å². The largest absolute Gasteiger partial charge is 0.493 e. The van der Waals surface area contributed by atoms with Gasteiger partial charge in [0.15, 0.2) is 16.2 Å². The molecule has 0 aliphatic carbocycles. The second-order valence-corrected chi connectivity index (χ2v) is 7.50. The minimum atomic E-state index is -3.84. The molecule has 6 nitrogen and oxygen atoms in total. The van der Waals surface area contributed by atoms with Crippen molar-refractivity contribution in [1.29, 1.82) is 0 Å². The molecule has 1 aliphatic heterocycles. The van der Waals surface area contributed by atoms with Crippen LogP contribution in [0.1, 0.15) is 25.7 Å². The Balaban J connectivity index is 2.12. The predicted octanol–water partition coefficient (Wildman–Crippen LogP) is 2.37. The van der Waals surface area contributed by atoms with Crippen molar-refractivity contribution in [3.63, 3.8) is 0 Å². The molecular weight excluding hydrogens is 318 g/mol. The van der Waals surface area contributed by atoms with Gasteiger partial charge in [0.25, 0.3) is 0 Å². The van der Waals surface area contributed by atoms with E-state index in [9.17, 15) is 13.2 Å². The molecule has 0 spiro atoms. The molecule has 0 amide bonds. The lowest BCUT2D eigenvalue weighted by Crippen LogP contribution is -2.34. The summed E-state index contributed by atoms with van der Waals surface area (Å²) >= 11 is 0. The van der Waals surface area contributed by atoms with E-state index < -0.39 is 15.6 Å². The van der Waals surface area contributed by atoms with Crippen molar-refractivity contribution in [3.05, 3.63) is 34.7 Å². The molecule has 2 aromatic rings. The molecule has 0 radical (unpaired) electrons. The molecule has 0 N–H and O–H groups in total. The van der Waals surface area contributed by atoms with Gasteiger partial charge in [-0.3, -0.25) is 0 Å². The average molecular weight is 337 g/mol. The molecule has 124 valence electrons. The Kier molecular flexibility index (Phi) is 4.41. The van der Waals surface area contributed by atoms with Crippen LogP contribution in [-0.2, 0) is 10.0 Å². The van der Waals surface area contributed by atoms with E-state index in [0.717, 1.165) is 25.7 Å². The number of nitrogens with zero attached hydrogens (tertiary/aromatic N) is 1. The van der Waals surface area contributed by atoms with E-state index in [4.69, 9.17) is 9.15 Å². The zero-order valence-corrected chi connectivity index (χ0v) is 13.8. The minimum absolute atomic E-state index is 0.259. The van der Waals surface area contributed by atoms with Gasteiger partial charge in [-0.25, -0.2) is 13.2 Å². The van der Waals surface area contributed by atoms with Crippen LogP contribution >= 0.6 is 0 Å². The van der Waals surface area contributed by atoms with Crippen molar-refractivity contribution in [1.82, 2.24) is 4.31 Å². The Morgan fingerprint density at radius 1 is 1.13 bits per heavy atom. The summed E-state index contributed by atoms with van der Waals surface area (Å²) < 4.78 is 37.4. The quantitative estimate of drug-likeness (QED) is 0.804. The topological polar surface area (TPSA) is 76.8 Å². The number of methoxy groups -OCH3 is 1. The number of para-hydroxylation sites is 1. The molecule has 1 aromatic heterocycles. The van der Waals surface area contributed by atoms with Gasteiger partial charge in [-0.15, -0.1) is 0 Å². The van der Waals surface area contributed by atoms with Crippen LogP contribution in [0.15, 0.2) is 38.4 Å². The minimum Gasteiger partial charge on any atom is -0.493 e. The van der Waals surface area contributed by atoms with Gasteiger partial charge >= 0.3 is 5.63 Å². The van der Waals surface area contributed by atoms with E-state index in [1.165, 1.54) is 17.5 Å². The maximum absolute atomic E-state index is 12.8. The maximum atomic E-state index is 12.8. The van der Waals surface area contributed by atoms with E-state index in [0.29, 0.717) is 24.2 Å². The monoisotopic (exact) mass is 337 g/mol. The van der Waals surface area contributed by atoms with Crippen LogP contribution in [0.4, 0.5) is 0 Å². The smallest absolute Gasteiger partial charge is 0.356 e. The molecule has 1 aliphatic rings. The highest BCUT2D eigenvalue weighted by atomic mass is 32.2. The summed E-state index contributed by atoms with van der Waals surface area (Å²) in [5.74, 6) is 0.401. The van der Waals surface area contributed by atoms with Gasteiger partial charge in [0.2, 0.25) is 10.0 Å². The molecule has 0 bridgehead atoms. The second-order valence-electron chi connectivity index (χ2n) is 5.60. The number of ether oxygens (including phenoxy) is 1. The molecule has 1 saturated heterocycles. The van der Waals surface area contributed by atoms with Crippen LogP contribution in [-0.4, -0.2) is 32.9 Å². The summed E-state index contributed by atoms with van der Waals surface area (Å²) in [7, 11) is -2.37. The molecule has 7 heteroatoms. The van der Waals surface area contributed by atoms with E-state index in [2.05, 4.69) is 0 Å². The zero-order valence-electron chi connectivity index (χ0n) is 12.9. The first kappa shape index (κ1) is 16.0. The molecule has 1 aromatic carbocycles. The van der Waals surface area contributed by atoms with Gasteiger partial charge in [0.05, 0.1) is 7.11 Å². The first-order valence-corrected chi connectivity index (χ1v) is 9.09. The van der Waals surface area contributed by atoms with Crippen molar-refractivity contribution in [2.45, 2.75) is 30.6 Å². The summed E-state index contributed by atoms with van der Waals surface area (Å²) in [6, 6.07) is 6.46. The summed E-state index contributed by atoms with van der Waals surface area (Å²) in [4.78, 5) is 11.9. The molecule has 3 rings (SSSR count). The second kappa shape index (κ2) is 6.33. The highest BCUT2D eigenvalue weighted by molar-refractivity contribution is 7.89. The summed E-state index contributed by atoms with van der Waals surface area (Å²) in [5, 5.41) is 0.525. The van der Waals surface area contributed by atoms with Crippen molar-refractivity contribution >= 4 is 21.0 Å². The fourth-order valence-corrected chi connectivity index (χ4v) is 4.41. The first-order chi connectivity index (χ1) is 11.0. The number of fused-ring (bicyclic) bond motifs is 1. The zero-order chi connectivity index (χ0) is 16.4.